The summed E-state index contributed by atoms with van der Waals surface area (Å²) < 4.78 is 22.5. The number of carbonyl (C=O) groups is 7. The van der Waals surface area contributed by atoms with Crippen molar-refractivity contribution in [2.75, 3.05) is 39.8 Å². The van der Waals surface area contributed by atoms with Crippen LogP contribution in [-0.2, 0) is 77.2 Å². The Morgan fingerprint density at radius 3 is 2.37 bits per heavy atom. The third kappa shape index (κ3) is 18.6. The summed E-state index contributed by atoms with van der Waals surface area (Å²) >= 11 is 0. The zero-order valence-corrected chi connectivity index (χ0v) is 41.6. The van der Waals surface area contributed by atoms with E-state index in [2.05, 4.69) is 41.8 Å². The van der Waals surface area contributed by atoms with E-state index in [1.807, 2.05) is 62.5 Å². The molecule has 17 nitrogen and oxygen atoms in total. The molecule has 2 bridgehead atoms. The number of carbonyl (C=O) groups excluding carboxylic acids is 7. The summed E-state index contributed by atoms with van der Waals surface area (Å²) in [4.78, 5) is 92.8. The Balaban J connectivity index is 1.35. The highest BCUT2D eigenvalue weighted by Crippen LogP contribution is 2.25. The van der Waals surface area contributed by atoms with Crippen molar-refractivity contribution in [3.63, 3.8) is 0 Å². The highest BCUT2D eigenvalue weighted by atomic mass is 19.1. The number of rotatable bonds is 16. The van der Waals surface area contributed by atoms with Crippen molar-refractivity contribution in [3.8, 4) is 0 Å². The van der Waals surface area contributed by atoms with Crippen LogP contribution in [-0.4, -0.2) is 115 Å². The van der Waals surface area contributed by atoms with E-state index in [9.17, 15) is 38.0 Å². The minimum Gasteiger partial charge on any atom is -0.369 e. The van der Waals surface area contributed by atoms with Crippen molar-refractivity contribution in [3.05, 3.63) is 107 Å². The third-order valence-electron chi connectivity index (χ3n) is 12.6. The zero-order chi connectivity index (χ0) is 51.1. The second-order valence-corrected chi connectivity index (χ2v) is 18.3. The van der Waals surface area contributed by atoms with Gasteiger partial charge >= 0.3 is 0 Å². The van der Waals surface area contributed by atoms with Crippen LogP contribution in [0.4, 0.5) is 4.39 Å². The molecule has 18 heteroatoms. The maximum atomic E-state index is 14.9. The topological polar surface area (TPSA) is 221 Å². The van der Waals surface area contributed by atoms with Gasteiger partial charge in [-0.2, -0.15) is 0 Å². The maximum absolute atomic E-state index is 14.9. The summed E-state index contributed by atoms with van der Waals surface area (Å²) in [5.74, 6) is -3.12. The average Bonchev–Trinajstić information content (AvgIpc) is 3.69. The van der Waals surface area contributed by atoms with Gasteiger partial charge in [-0.3, -0.25) is 33.6 Å². The fourth-order valence-corrected chi connectivity index (χ4v) is 8.44. The van der Waals surface area contributed by atoms with Crippen LogP contribution in [0.3, 0.4) is 0 Å². The van der Waals surface area contributed by atoms with E-state index < -0.39 is 48.3 Å². The van der Waals surface area contributed by atoms with Gasteiger partial charge < -0.3 is 51.4 Å². The van der Waals surface area contributed by atoms with Crippen LogP contribution in [0.25, 0.3) is 10.9 Å². The molecule has 0 radical (unpaired) electrons. The number of benzene rings is 3. The van der Waals surface area contributed by atoms with Crippen molar-refractivity contribution in [2.45, 2.75) is 129 Å². The number of nitrogens with one attached hydrogen (secondary N) is 7. The summed E-state index contributed by atoms with van der Waals surface area (Å²) in [5.41, 5.74) is 5.15. The van der Waals surface area contributed by atoms with Crippen molar-refractivity contribution in [2.24, 2.45) is 0 Å². The number of nitrogens with zero attached hydrogens (tertiary/aromatic N) is 2. The van der Waals surface area contributed by atoms with Crippen LogP contribution in [0.5, 0.6) is 0 Å². The van der Waals surface area contributed by atoms with Crippen LogP contribution >= 0.6 is 0 Å². The molecule has 384 valence electrons. The molecule has 71 heavy (non-hydrogen) atoms. The lowest BCUT2D eigenvalue weighted by atomic mass is 10.0. The predicted octanol–water partition coefficient (Wildman–Crippen LogP) is 3.48. The Kier molecular flexibility index (Phi) is 22.5. The molecule has 1 aliphatic heterocycles. The second kappa shape index (κ2) is 28.9. The molecule has 3 aromatic carbocycles. The van der Waals surface area contributed by atoms with E-state index in [1.165, 1.54) is 19.1 Å². The number of hydrogen-bond donors (Lipinski definition) is 7. The van der Waals surface area contributed by atoms with Crippen LogP contribution in [0.1, 0.15) is 93.5 Å². The van der Waals surface area contributed by atoms with E-state index in [0.29, 0.717) is 57.5 Å². The second-order valence-electron chi connectivity index (χ2n) is 18.3. The third-order valence-corrected chi connectivity index (χ3v) is 12.6. The molecule has 7 amide bonds. The predicted molar refractivity (Wildman–Crippen MR) is 269 cm³/mol. The van der Waals surface area contributed by atoms with Crippen molar-refractivity contribution in [1.29, 1.82) is 0 Å². The van der Waals surface area contributed by atoms with Gasteiger partial charge in [0.15, 0.2) is 0 Å². The summed E-state index contributed by atoms with van der Waals surface area (Å²) in [6.07, 6.45) is 7.49. The van der Waals surface area contributed by atoms with Gasteiger partial charge in [0.05, 0.1) is 12.6 Å². The van der Waals surface area contributed by atoms with Gasteiger partial charge in [-0.15, -0.1) is 0 Å². The van der Waals surface area contributed by atoms with E-state index in [0.717, 1.165) is 65.3 Å². The van der Waals surface area contributed by atoms with Crippen LogP contribution in [0.15, 0.2) is 72.9 Å². The normalized spacial score (nSPS) is 19.0. The largest absolute Gasteiger partial charge is 0.369 e. The van der Waals surface area contributed by atoms with E-state index in [1.54, 1.807) is 24.1 Å². The van der Waals surface area contributed by atoms with Crippen LogP contribution in [0, 0.1) is 5.82 Å². The summed E-state index contributed by atoms with van der Waals surface area (Å²) in [6.45, 7) is 7.34. The van der Waals surface area contributed by atoms with Gasteiger partial charge in [-0.1, -0.05) is 68.3 Å². The number of fused-ring (bicyclic) bond motifs is 5. The number of likely N-dealkylation sites (N-methyl/N-ethyl adjacent to an activating group) is 1. The Bertz CT molecular complexity index is 2410. The van der Waals surface area contributed by atoms with Crippen molar-refractivity contribution < 1.29 is 42.7 Å². The molecular weight excluding hydrogens is 910 g/mol. The molecular formula is C53H72FN9O8. The van der Waals surface area contributed by atoms with Gasteiger partial charge in [0.1, 0.15) is 24.5 Å². The van der Waals surface area contributed by atoms with Gasteiger partial charge in [0.2, 0.25) is 41.9 Å². The minimum absolute atomic E-state index is 0.0533. The molecule has 2 heterocycles. The number of aromatic nitrogens is 1. The van der Waals surface area contributed by atoms with Crippen LogP contribution in [0.2, 0.25) is 0 Å². The lowest BCUT2D eigenvalue weighted by molar-refractivity contribution is -0.135. The molecule has 0 unspecified atom stereocenters. The first-order chi connectivity index (χ1) is 34.2. The standard InChI is InChI=1S/C53H72FN9O8/c1-5-36(2)71-34-50(67)57-29-41-12-10-11-40(25-41)26-46-53(70)60-44(30-55-4)27-42-33-62(47-18-17-43(54)28-45(42)47)23-8-6-7-9-24-63(32-39-15-13-38(14-16-39)21-22-56-35-64)51(68)20-19-48(65)59-37(3)52(69)58-31-49(66)61-46/h10-18,25,28,33,35-37,44,46,55H,5-9,19-24,26-27,29-32,34H2,1-4H3,(H,56,64)(H,57,67)(H,58,69)(H,59,65)(H,60,70)(H,61,66)/t36-,37+,44+,46+/m1/s1. The summed E-state index contributed by atoms with van der Waals surface area (Å²) in [6, 6.07) is 17.2. The SMILES string of the molecule is CC[C@@H](C)OCC(=O)NCc1cccc(C[C@@H]2NC(=O)CNC(=O)[C@H](C)NC(=O)CCC(=O)N(Cc3ccc(CCNC=O)cc3)CCCCCCn3cc(c4cc(F)ccc43)C[C@@H](CNC)NC2=O)c1. The smallest absolute Gasteiger partial charge is 0.246 e. The van der Waals surface area contributed by atoms with Crippen LogP contribution < -0.4 is 37.2 Å². The van der Waals surface area contributed by atoms with Gasteiger partial charge in [0, 0.05) is 81.7 Å². The van der Waals surface area contributed by atoms with E-state index in [4.69, 9.17) is 4.74 Å². The Labute approximate surface area is 416 Å². The molecule has 4 atom stereocenters. The lowest BCUT2D eigenvalue weighted by Gasteiger charge is -2.24. The average molecular weight is 982 g/mol. The van der Waals surface area contributed by atoms with E-state index in [-0.39, 0.29) is 56.1 Å². The molecule has 5 rings (SSSR count). The number of amides is 7. The van der Waals surface area contributed by atoms with Gasteiger partial charge in [-0.05, 0) is 99.0 Å². The fourth-order valence-electron chi connectivity index (χ4n) is 8.44. The Hall–Kier alpha value is -6.66. The molecule has 0 saturated carbocycles. The first-order valence-corrected chi connectivity index (χ1v) is 24.8. The quantitative estimate of drug-likeness (QED) is 0.0645. The number of hydrogen-bond acceptors (Lipinski definition) is 9. The zero-order valence-electron chi connectivity index (χ0n) is 41.6. The molecule has 1 aliphatic rings. The number of halogens is 1. The highest BCUT2D eigenvalue weighted by Gasteiger charge is 2.26. The lowest BCUT2D eigenvalue weighted by Crippen LogP contribution is -2.55. The molecule has 0 spiro atoms. The number of aryl methyl sites for hydroxylation is 1. The Morgan fingerprint density at radius 2 is 1.62 bits per heavy atom. The molecule has 0 fully saturated rings. The molecule has 0 saturated heterocycles. The summed E-state index contributed by atoms with van der Waals surface area (Å²) in [7, 11) is 1.77. The monoisotopic (exact) mass is 982 g/mol. The molecule has 4 aromatic rings. The van der Waals surface area contributed by atoms with Crippen molar-refractivity contribution >= 4 is 52.8 Å². The minimum atomic E-state index is -1.10. The highest BCUT2D eigenvalue weighted by molar-refractivity contribution is 5.93. The maximum Gasteiger partial charge on any atom is 0.246 e. The molecule has 0 aliphatic carbocycles. The molecule has 1 aromatic heterocycles. The van der Waals surface area contributed by atoms with Crippen molar-refractivity contribution in [1.82, 2.24) is 46.7 Å². The van der Waals surface area contributed by atoms with Gasteiger partial charge in [-0.25, -0.2) is 4.39 Å². The van der Waals surface area contributed by atoms with Gasteiger partial charge in [0.25, 0.3) is 0 Å². The van der Waals surface area contributed by atoms with E-state index >= 15 is 0 Å². The Morgan fingerprint density at radius 1 is 0.873 bits per heavy atom. The summed E-state index contributed by atoms with van der Waals surface area (Å²) in [5, 5.41) is 20.5. The molecule has 7 N–H and O–H groups in total. The first-order valence-electron chi connectivity index (χ1n) is 24.8. The number of ether oxygens (including phenoxy) is 1. The first kappa shape index (κ1) is 55.3. The fraction of sp³-hybridized carbons (Fsp3) is 0.491.